The van der Waals surface area contributed by atoms with Gasteiger partial charge in [-0.15, -0.1) is 0 Å². The van der Waals surface area contributed by atoms with Crippen LogP contribution in [-0.4, -0.2) is 28.6 Å². The number of amides is 1. The molecular formula is C18H19N3O3. The van der Waals surface area contributed by atoms with Gasteiger partial charge < -0.3 is 14.2 Å². The zero-order chi connectivity index (χ0) is 17.1. The molecule has 0 saturated carbocycles. The first-order chi connectivity index (χ1) is 11.6. The van der Waals surface area contributed by atoms with Crippen LogP contribution in [0.4, 0.5) is 0 Å². The van der Waals surface area contributed by atoms with E-state index in [2.05, 4.69) is 11.2 Å². The Bertz CT molecular complexity index is 778. The molecule has 24 heavy (non-hydrogen) atoms. The van der Waals surface area contributed by atoms with Crippen LogP contribution in [0.3, 0.4) is 0 Å². The van der Waals surface area contributed by atoms with Crippen LogP contribution >= 0.6 is 0 Å². The molecule has 0 radical (unpaired) electrons. The van der Waals surface area contributed by atoms with E-state index in [-0.39, 0.29) is 11.9 Å². The number of likely N-dealkylation sites (tertiary alicyclic amines) is 1. The summed E-state index contributed by atoms with van der Waals surface area (Å²) in [6, 6.07) is 10.8. The predicted octanol–water partition coefficient (Wildman–Crippen LogP) is 2.99. The van der Waals surface area contributed by atoms with Crippen LogP contribution in [0.2, 0.25) is 0 Å². The summed E-state index contributed by atoms with van der Waals surface area (Å²) < 4.78 is 11.1. The Kier molecular flexibility index (Phi) is 4.52. The van der Waals surface area contributed by atoms with E-state index in [9.17, 15) is 4.79 Å². The summed E-state index contributed by atoms with van der Waals surface area (Å²) in [6.07, 6.45) is 1.09. The molecule has 2 unspecified atom stereocenters. The van der Waals surface area contributed by atoms with Gasteiger partial charge in [-0.3, -0.25) is 4.79 Å². The molecule has 1 amide bonds. The predicted molar refractivity (Wildman–Crippen MR) is 86.2 cm³/mol. The zero-order valence-electron chi connectivity index (χ0n) is 13.7. The van der Waals surface area contributed by atoms with Gasteiger partial charge in [0.2, 0.25) is 0 Å². The number of aryl methyl sites for hydroxylation is 1. The summed E-state index contributed by atoms with van der Waals surface area (Å²) in [6.45, 7) is 4.23. The number of hydrogen-bond acceptors (Lipinski definition) is 5. The van der Waals surface area contributed by atoms with E-state index in [1.165, 1.54) is 0 Å². The Morgan fingerprint density at radius 3 is 3.00 bits per heavy atom. The minimum Gasteiger partial charge on any atom is -0.480 e. The molecule has 2 heterocycles. The summed E-state index contributed by atoms with van der Waals surface area (Å²) in [5.74, 6) is 1.02. The highest BCUT2D eigenvalue weighted by Crippen LogP contribution is 2.33. The number of rotatable bonds is 4. The first-order valence-electron chi connectivity index (χ1n) is 7.99. The number of aromatic nitrogens is 1. The normalized spacial score (nSPS) is 18.2. The second-order valence-corrected chi connectivity index (χ2v) is 5.93. The molecule has 0 bridgehead atoms. The lowest BCUT2D eigenvalue weighted by Crippen LogP contribution is -2.40. The SMILES string of the molecule is Cc1cc(C2CCCN2C(=O)C(C)Oc2ccccc2C#N)on1. The molecular weight excluding hydrogens is 306 g/mol. The van der Waals surface area contributed by atoms with E-state index >= 15 is 0 Å². The lowest BCUT2D eigenvalue weighted by atomic mass is 10.1. The van der Waals surface area contributed by atoms with Crippen molar-refractivity contribution in [1.29, 1.82) is 5.26 Å². The molecule has 0 aliphatic carbocycles. The minimum atomic E-state index is -0.677. The van der Waals surface area contributed by atoms with Crippen LogP contribution in [0.25, 0.3) is 0 Å². The van der Waals surface area contributed by atoms with Crippen LogP contribution < -0.4 is 4.74 Å². The highest BCUT2D eigenvalue weighted by atomic mass is 16.5. The van der Waals surface area contributed by atoms with Crippen LogP contribution in [-0.2, 0) is 4.79 Å². The number of para-hydroxylation sites is 1. The molecule has 1 aliphatic heterocycles. The Morgan fingerprint density at radius 1 is 1.50 bits per heavy atom. The van der Waals surface area contributed by atoms with E-state index in [1.54, 1.807) is 36.1 Å². The Labute approximate surface area is 140 Å². The van der Waals surface area contributed by atoms with E-state index in [0.29, 0.717) is 23.6 Å². The van der Waals surface area contributed by atoms with Gasteiger partial charge in [0, 0.05) is 12.6 Å². The van der Waals surface area contributed by atoms with Crippen molar-refractivity contribution in [3.8, 4) is 11.8 Å². The number of carbonyl (C=O) groups excluding carboxylic acids is 1. The maximum Gasteiger partial charge on any atom is 0.263 e. The van der Waals surface area contributed by atoms with Crippen LogP contribution in [0.1, 0.15) is 42.8 Å². The van der Waals surface area contributed by atoms with Crippen molar-refractivity contribution in [2.45, 2.75) is 38.8 Å². The quantitative estimate of drug-likeness (QED) is 0.863. The van der Waals surface area contributed by atoms with Crippen molar-refractivity contribution in [2.24, 2.45) is 0 Å². The molecule has 6 heteroatoms. The molecule has 0 N–H and O–H groups in total. The Hall–Kier alpha value is -2.81. The fraction of sp³-hybridized carbons (Fsp3) is 0.389. The lowest BCUT2D eigenvalue weighted by molar-refractivity contribution is -0.139. The monoisotopic (exact) mass is 325 g/mol. The molecule has 1 aromatic carbocycles. The molecule has 2 aromatic rings. The molecule has 1 saturated heterocycles. The first-order valence-corrected chi connectivity index (χ1v) is 7.99. The number of hydrogen-bond donors (Lipinski definition) is 0. The molecule has 0 spiro atoms. The van der Waals surface area contributed by atoms with Gasteiger partial charge in [-0.1, -0.05) is 17.3 Å². The van der Waals surface area contributed by atoms with Crippen LogP contribution in [0.5, 0.6) is 5.75 Å². The Morgan fingerprint density at radius 2 is 2.29 bits per heavy atom. The van der Waals surface area contributed by atoms with E-state index < -0.39 is 6.10 Å². The third-order valence-corrected chi connectivity index (χ3v) is 4.17. The van der Waals surface area contributed by atoms with Gasteiger partial charge in [0.15, 0.2) is 11.9 Å². The number of ether oxygens (including phenoxy) is 1. The number of nitriles is 1. The molecule has 6 nitrogen and oxygen atoms in total. The van der Waals surface area contributed by atoms with Gasteiger partial charge >= 0.3 is 0 Å². The largest absolute Gasteiger partial charge is 0.480 e. The highest BCUT2D eigenvalue weighted by molar-refractivity contribution is 5.81. The fourth-order valence-corrected chi connectivity index (χ4v) is 3.00. The maximum absolute atomic E-state index is 12.8. The number of carbonyl (C=O) groups is 1. The third-order valence-electron chi connectivity index (χ3n) is 4.17. The summed E-state index contributed by atoms with van der Waals surface area (Å²) in [7, 11) is 0. The third kappa shape index (κ3) is 3.11. The van der Waals surface area contributed by atoms with Gasteiger partial charge in [-0.2, -0.15) is 5.26 Å². The topological polar surface area (TPSA) is 79.4 Å². The minimum absolute atomic E-state index is 0.101. The average molecular weight is 325 g/mol. The van der Waals surface area contributed by atoms with E-state index in [1.807, 2.05) is 13.0 Å². The smallest absolute Gasteiger partial charge is 0.263 e. The molecule has 1 aromatic heterocycles. The van der Waals surface area contributed by atoms with Crippen molar-refractivity contribution in [3.63, 3.8) is 0 Å². The van der Waals surface area contributed by atoms with Gasteiger partial charge in [-0.25, -0.2) is 0 Å². The standard InChI is InChI=1S/C18H19N3O3/c1-12-10-17(24-20-12)15-7-5-9-21(15)18(22)13(2)23-16-8-4-3-6-14(16)11-19/h3-4,6,8,10,13,15H,5,7,9H2,1-2H3. The van der Waals surface area contributed by atoms with Gasteiger partial charge in [0.25, 0.3) is 5.91 Å². The molecule has 1 fully saturated rings. The van der Waals surface area contributed by atoms with Crippen molar-refractivity contribution in [2.75, 3.05) is 6.54 Å². The second kappa shape index (κ2) is 6.75. The van der Waals surface area contributed by atoms with E-state index in [0.717, 1.165) is 18.5 Å². The molecule has 2 atom stereocenters. The summed E-state index contributed by atoms with van der Waals surface area (Å²) in [5, 5.41) is 13.0. The highest BCUT2D eigenvalue weighted by Gasteiger charge is 2.35. The van der Waals surface area contributed by atoms with Crippen molar-refractivity contribution in [3.05, 3.63) is 47.3 Å². The number of nitrogens with zero attached hydrogens (tertiary/aromatic N) is 3. The Balaban J connectivity index is 1.74. The summed E-state index contributed by atoms with van der Waals surface area (Å²) in [4.78, 5) is 14.6. The van der Waals surface area contributed by atoms with Gasteiger partial charge in [0.1, 0.15) is 11.8 Å². The van der Waals surface area contributed by atoms with Gasteiger partial charge in [0.05, 0.1) is 17.3 Å². The van der Waals surface area contributed by atoms with Crippen LogP contribution in [0.15, 0.2) is 34.9 Å². The molecule has 124 valence electrons. The molecule has 1 aliphatic rings. The zero-order valence-corrected chi connectivity index (χ0v) is 13.7. The number of benzene rings is 1. The van der Waals surface area contributed by atoms with Crippen molar-refractivity contribution in [1.82, 2.24) is 10.1 Å². The van der Waals surface area contributed by atoms with Crippen molar-refractivity contribution >= 4 is 5.91 Å². The first kappa shape index (κ1) is 16.1. The average Bonchev–Trinajstić information content (AvgIpc) is 3.23. The van der Waals surface area contributed by atoms with Crippen LogP contribution in [0, 0.1) is 18.3 Å². The summed E-state index contributed by atoms with van der Waals surface area (Å²) >= 11 is 0. The second-order valence-electron chi connectivity index (χ2n) is 5.93. The maximum atomic E-state index is 12.8. The van der Waals surface area contributed by atoms with Crippen molar-refractivity contribution < 1.29 is 14.1 Å². The molecule has 3 rings (SSSR count). The van der Waals surface area contributed by atoms with Gasteiger partial charge in [-0.05, 0) is 38.8 Å². The lowest BCUT2D eigenvalue weighted by Gasteiger charge is -2.26. The summed E-state index contributed by atoms with van der Waals surface area (Å²) in [5.41, 5.74) is 1.22. The fourth-order valence-electron chi connectivity index (χ4n) is 3.00. The van der Waals surface area contributed by atoms with E-state index in [4.69, 9.17) is 14.5 Å².